The van der Waals surface area contributed by atoms with Gasteiger partial charge in [-0.05, 0) is 48.2 Å². The van der Waals surface area contributed by atoms with Gasteiger partial charge in [0, 0.05) is 22.3 Å². The highest BCUT2D eigenvalue weighted by Crippen LogP contribution is 2.42. The molecule has 0 spiro atoms. The third-order valence-corrected chi connectivity index (χ3v) is 4.38. The summed E-state index contributed by atoms with van der Waals surface area (Å²) in [5.41, 5.74) is 2.70. The van der Waals surface area contributed by atoms with E-state index < -0.39 is 6.10 Å². The predicted octanol–water partition coefficient (Wildman–Crippen LogP) is 3.75. The Morgan fingerprint density at radius 2 is 2.21 bits per heavy atom. The standard InChI is InChI=1S/C15H13BrFNO/c16-13-6-4-10(17)8-12(13)15(19)11-5-3-9-2-1-7-18-14(9)11/h1-2,4,6-8,11,15,19H,3,5H2. The van der Waals surface area contributed by atoms with Crippen molar-refractivity contribution in [1.29, 1.82) is 0 Å². The first-order valence-electron chi connectivity index (χ1n) is 6.23. The van der Waals surface area contributed by atoms with Crippen molar-refractivity contribution in [2.24, 2.45) is 0 Å². The first-order chi connectivity index (χ1) is 9.16. The largest absolute Gasteiger partial charge is 0.388 e. The van der Waals surface area contributed by atoms with Crippen LogP contribution in [-0.4, -0.2) is 10.1 Å². The number of nitrogens with zero attached hydrogens (tertiary/aromatic N) is 1. The van der Waals surface area contributed by atoms with Gasteiger partial charge in [0.15, 0.2) is 0 Å². The monoisotopic (exact) mass is 321 g/mol. The topological polar surface area (TPSA) is 33.1 Å². The maximum absolute atomic E-state index is 13.3. The molecule has 0 fully saturated rings. The molecular formula is C15H13BrFNO. The Kier molecular flexibility index (Phi) is 3.37. The van der Waals surface area contributed by atoms with Gasteiger partial charge in [-0.1, -0.05) is 22.0 Å². The van der Waals surface area contributed by atoms with Crippen LogP contribution in [0.15, 0.2) is 41.0 Å². The van der Waals surface area contributed by atoms with E-state index >= 15 is 0 Å². The third-order valence-electron chi connectivity index (χ3n) is 3.66. The summed E-state index contributed by atoms with van der Waals surface area (Å²) in [6.45, 7) is 0. The Balaban J connectivity index is 1.97. The lowest BCUT2D eigenvalue weighted by Gasteiger charge is -2.20. The van der Waals surface area contributed by atoms with Gasteiger partial charge in [-0.25, -0.2) is 4.39 Å². The minimum atomic E-state index is -0.735. The molecule has 1 aromatic heterocycles. The molecule has 2 aromatic rings. The highest BCUT2D eigenvalue weighted by atomic mass is 79.9. The highest BCUT2D eigenvalue weighted by Gasteiger charge is 2.31. The van der Waals surface area contributed by atoms with Crippen molar-refractivity contribution in [3.8, 4) is 0 Å². The summed E-state index contributed by atoms with van der Waals surface area (Å²) in [5.74, 6) is -0.397. The number of benzene rings is 1. The van der Waals surface area contributed by atoms with Crippen LogP contribution in [0.5, 0.6) is 0 Å². The van der Waals surface area contributed by atoms with E-state index in [0.717, 1.165) is 23.0 Å². The molecule has 2 unspecified atom stereocenters. The molecule has 1 aliphatic rings. The molecule has 1 aliphatic carbocycles. The van der Waals surface area contributed by atoms with Gasteiger partial charge in [-0.2, -0.15) is 0 Å². The second-order valence-electron chi connectivity index (χ2n) is 4.80. The summed E-state index contributed by atoms with van der Waals surface area (Å²) in [6.07, 6.45) is 2.76. The number of rotatable bonds is 2. The summed E-state index contributed by atoms with van der Waals surface area (Å²) in [4.78, 5) is 4.37. The van der Waals surface area contributed by atoms with Crippen molar-refractivity contribution in [2.75, 3.05) is 0 Å². The fourth-order valence-electron chi connectivity index (χ4n) is 2.71. The molecule has 1 N–H and O–H groups in total. The number of aliphatic hydroxyl groups is 1. The number of hydrogen-bond acceptors (Lipinski definition) is 2. The van der Waals surface area contributed by atoms with Gasteiger partial charge in [0.25, 0.3) is 0 Å². The van der Waals surface area contributed by atoms with Gasteiger partial charge >= 0.3 is 0 Å². The number of pyridine rings is 1. The number of aromatic nitrogens is 1. The predicted molar refractivity (Wildman–Crippen MR) is 74.4 cm³/mol. The summed E-state index contributed by atoms with van der Waals surface area (Å²) in [5, 5.41) is 10.5. The van der Waals surface area contributed by atoms with Crippen LogP contribution in [0.25, 0.3) is 0 Å². The maximum Gasteiger partial charge on any atom is 0.123 e. The Morgan fingerprint density at radius 3 is 3.05 bits per heavy atom. The Hall–Kier alpha value is -1.26. The molecule has 0 bridgehead atoms. The summed E-state index contributed by atoms with van der Waals surface area (Å²) < 4.78 is 14.1. The van der Waals surface area contributed by atoms with E-state index in [1.807, 2.05) is 12.1 Å². The second kappa shape index (κ2) is 5.02. The van der Waals surface area contributed by atoms with Crippen molar-refractivity contribution in [3.63, 3.8) is 0 Å². The number of fused-ring (bicyclic) bond motifs is 1. The number of aliphatic hydroxyl groups excluding tert-OH is 1. The van der Waals surface area contributed by atoms with Crippen molar-refractivity contribution < 1.29 is 9.50 Å². The average molecular weight is 322 g/mol. The van der Waals surface area contributed by atoms with Crippen LogP contribution in [0.4, 0.5) is 4.39 Å². The third kappa shape index (κ3) is 2.30. The molecule has 0 saturated carbocycles. The van der Waals surface area contributed by atoms with E-state index in [1.165, 1.54) is 17.7 Å². The zero-order valence-corrected chi connectivity index (χ0v) is 11.8. The van der Waals surface area contributed by atoms with Crippen LogP contribution in [0.3, 0.4) is 0 Å². The molecule has 3 rings (SSSR count). The number of halogens is 2. The Bertz CT molecular complexity index is 617. The van der Waals surface area contributed by atoms with Crippen molar-refractivity contribution >= 4 is 15.9 Å². The van der Waals surface area contributed by atoms with Gasteiger partial charge in [0.2, 0.25) is 0 Å². The Labute approximate surface area is 119 Å². The van der Waals surface area contributed by atoms with Crippen LogP contribution in [0.1, 0.15) is 35.3 Å². The average Bonchev–Trinajstić information content (AvgIpc) is 2.84. The first kappa shape index (κ1) is 12.8. The molecule has 98 valence electrons. The van der Waals surface area contributed by atoms with Gasteiger partial charge in [0.1, 0.15) is 5.82 Å². The summed E-state index contributed by atoms with van der Waals surface area (Å²) in [7, 11) is 0. The highest BCUT2D eigenvalue weighted by molar-refractivity contribution is 9.10. The molecule has 2 atom stereocenters. The van der Waals surface area contributed by atoms with Crippen molar-refractivity contribution in [2.45, 2.75) is 24.9 Å². The summed E-state index contributed by atoms with van der Waals surface area (Å²) in [6, 6.07) is 8.33. The number of aryl methyl sites for hydroxylation is 1. The Morgan fingerprint density at radius 1 is 1.37 bits per heavy atom. The lowest BCUT2D eigenvalue weighted by atomic mass is 9.93. The number of hydrogen-bond donors (Lipinski definition) is 1. The van der Waals surface area contributed by atoms with E-state index in [4.69, 9.17) is 0 Å². The molecule has 2 nitrogen and oxygen atoms in total. The van der Waals surface area contributed by atoms with Crippen LogP contribution >= 0.6 is 15.9 Å². The molecule has 1 aromatic carbocycles. The van der Waals surface area contributed by atoms with Crippen LogP contribution in [-0.2, 0) is 6.42 Å². The van der Waals surface area contributed by atoms with E-state index in [2.05, 4.69) is 20.9 Å². The second-order valence-corrected chi connectivity index (χ2v) is 5.66. The van der Waals surface area contributed by atoms with Crippen LogP contribution in [0.2, 0.25) is 0 Å². The smallest absolute Gasteiger partial charge is 0.123 e. The normalized spacial score (nSPS) is 19.2. The summed E-state index contributed by atoms with van der Waals surface area (Å²) >= 11 is 3.37. The van der Waals surface area contributed by atoms with Crippen LogP contribution in [0, 0.1) is 5.82 Å². The molecule has 0 radical (unpaired) electrons. The lowest BCUT2D eigenvalue weighted by Crippen LogP contribution is -2.10. The van der Waals surface area contributed by atoms with E-state index in [-0.39, 0.29) is 11.7 Å². The molecule has 19 heavy (non-hydrogen) atoms. The van der Waals surface area contributed by atoms with Gasteiger partial charge in [-0.3, -0.25) is 4.98 Å². The molecule has 4 heteroatoms. The first-order valence-corrected chi connectivity index (χ1v) is 7.03. The zero-order chi connectivity index (χ0) is 13.4. The van der Waals surface area contributed by atoms with Crippen LogP contribution < -0.4 is 0 Å². The van der Waals surface area contributed by atoms with Crippen molar-refractivity contribution in [3.05, 3.63) is 63.6 Å². The lowest BCUT2D eigenvalue weighted by molar-refractivity contribution is 0.142. The van der Waals surface area contributed by atoms with Gasteiger partial charge in [0.05, 0.1) is 6.10 Å². The SMILES string of the molecule is OC(c1cc(F)ccc1Br)C1CCc2cccnc21. The fraction of sp³-hybridized carbons (Fsp3) is 0.267. The molecule has 1 heterocycles. The van der Waals surface area contributed by atoms with Gasteiger partial charge < -0.3 is 5.11 Å². The molecule has 0 amide bonds. The molecular weight excluding hydrogens is 309 g/mol. The quantitative estimate of drug-likeness (QED) is 0.913. The van der Waals surface area contributed by atoms with E-state index in [9.17, 15) is 9.50 Å². The van der Waals surface area contributed by atoms with Gasteiger partial charge in [-0.15, -0.1) is 0 Å². The maximum atomic E-state index is 13.3. The minimum Gasteiger partial charge on any atom is -0.388 e. The molecule has 0 aliphatic heterocycles. The minimum absolute atomic E-state index is 0.0608. The fourth-order valence-corrected chi connectivity index (χ4v) is 3.19. The van der Waals surface area contributed by atoms with Crippen molar-refractivity contribution in [1.82, 2.24) is 4.98 Å². The van der Waals surface area contributed by atoms with E-state index in [1.54, 1.807) is 12.3 Å². The zero-order valence-electron chi connectivity index (χ0n) is 10.2. The molecule has 0 saturated heterocycles. The van der Waals surface area contributed by atoms with E-state index in [0.29, 0.717) is 5.56 Å².